The van der Waals surface area contributed by atoms with E-state index in [4.69, 9.17) is 28.4 Å². The molecule has 0 radical (unpaired) electrons. The summed E-state index contributed by atoms with van der Waals surface area (Å²) in [5.41, 5.74) is -0.166. The Kier molecular flexibility index (Phi) is 8.44. The molecule has 2 saturated heterocycles. The molecule has 6 rings (SSSR count). The number of ether oxygens (including phenoxy) is 6. The van der Waals surface area contributed by atoms with Gasteiger partial charge in [0.15, 0.2) is 24.6 Å². The summed E-state index contributed by atoms with van der Waals surface area (Å²) in [4.78, 5) is 27.2. The van der Waals surface area contributed by atoms with E-state index in [1.807, 2.05) is 13.8 Å². The smallest absolute Gasteiger partial charge is 0.202 e. The van der Waals surface area contributed by atoms with Crippen LogP contribution in [0, 0.1) is 0 Å². The summed E-state index contributed by atoms with van der Waals surface area (Å²) in [6.45, 7) is 5.24. The number of phenolic OH excluding ortho intramolecular Hbond substituents is 2. The van der Waals surface area contributed by atoms with Crippen molar-refractivity contribution in [3.63, 3.8) is 0 Å². The Morgan fingerprint density at radius 1 is 1.00 bits per heavy atom. The van der Waals surface area contributed by atoms with E-state index < -0.39 is 54.1 Å². The van der Waals surface area contributed by atoms with Crippen molar-refractivity contribution in [2.24, 2.45) is 0 Å². The maximum Gasteiger partial charge on any atom is 0.202 e. The summed E-state index contributed by atoms with van der Waals surface area (Å²) in [6.07, 6.45) is -2.65. The predicted octanol–water partition coefficient (Wildman–Crippen LogP) is 2.47. The molecule has 4 aliphatic rings. The molecule has 43 heavy (non-hydrogen) atoms. The molecule has 0 bridgehead atoms. The molecule has 232 valence electrons. The Hall–Kier alpha value is -3.10. The third kappa shape index (κ3) is 5.53. The van der Waals surface area contributed by atoms with Crippen LogP contribution in [0.3, 0.4) is 0 Å². The largest absolute Gasteiger partial charge is 0.507 e. The Morgan fingerprint density at radius 3 is 2.51 bits per heavy atom. The molecule has 1 unspecified atom stereocenters. The number of methoxy groups -OCH3 is 1. The molecule has 2 fully saturated rings. The minimum atomic E-state index is -0.919. The first-order valence-electron chi connectivity index (χ1n) is 14.7. The average molecular weight is 600 g/mol. The normalized spacial score (nSPS) is 28.8. The quantitative estimate of drug-likeness (QED) is 0.294. The van der Waals surface area contributed by atoms with Gasteiger partial charge in [-0.05, 0) is 26.3 Å². The average Bonchev–Trinajstić information content (AvgIpc) is 2.98. The van der Waals surface area contributed by atoms with E-state index in [9.17, 15) is 24.9 Å². The fourth-order valence-electron chi connectivity index (χ4n) is 6.34. The molecule has 2 aromatic rings. The highest BCUT2D eigenvalue weighted by atomic mass is 16.7. The van der Waals surface area contributed by atoms with Crippen LogP contribution >= 0.6 is 0 Å². The minimum Gasteiger partial charge on any atom is -0.507 e. The number of carbonyl (C=O) groups excluding carboxylic acids is 2. The molecule has 12 heteroatoms. The molecule has 4 N–H and O–H groups in total. The van der Waals surface area contributed by atoms with Crippen molar-refractivity contribution < 1.29 is 53.3 Å². The van der Waals surface area contributed by atoms with Crippen LogP contribution in [0.1, 0.15) is 82.2 Å². The van der Waals surface area contributed by atoms with Gasteiger partial charge in [-0.15, -0.1) is 0 Å². The molecule has 0 aromatic heterocycles. The van der Waals surface area contributed by atoms with Crippen molar-refractivity contribution in [2.45, 2.75) is 82.8 Å². The number of phenols is 2. The number of carbonyl (C=O) groups is 2. The first-order valence-corrected chi connectivity index (χ1v) is 14.7. The highest BCUT2D eigenvalue weighted by Crippen LogP contribution is 2.50. The molecule has 0 saturated carbocycles. The number of hydrogen-bond acceptors (Lipinski definition) is 12. The Bertz CT molecular complexity index is 1400. The van der Waals surface area contributed by atoms with Crippen LogP contribution in [0.15, 0.2) is 18.2 Å². The van der Waals surface area contributed by atoms with Gasteiger partial charge < -0.3 is 43.7 Å². The number of nitrogens with one attached hydrogen (secondary N) is 1. The zero-order valence-electron chi connectivity index (χ0n) is 24.3. The van der Waals surface area contributed by atoms with Crippen LogP contribution in [0.5, 0.6) is 17.2 Å². The van der Waals surface area contributed by atoms with Gasteiger partial charge in [0.2, 0.25) is 5.78 Å². The molecule has 0 spiro atoms. The van der Waals surface area contributed by atoms with E-state index in [0.29, 0.717) is 26.0 Å². The Balaban J connectivity index is 1.22. The van der Waals surface area contributed by atoms with Crippen molar-refractivity contribution in [3.05, 3.63) is 51.6 Å². The number of aliphatic hydroxyl groups excluding tert-OH is 1. The van der Waals surface area contributed by atoms with Gasteiger partial charge in [0.25, 0.3) is 0 Å². The van der Waals surface area contributed by atoms with Crippen molar-refractivity contribution >= 4 is 11.6 Å². The first kappa shape index (κ1) is 29.9. The van der Waals surface area contributed by atoms with Gasteiger partial charge in [0, 0.05) is 42.5 Å². The number of hydrogen-bond donors (Lipinski definition) is 4. The summed E-state index contributed by atoms with van der Waals surface area (Å²) < 4.78 is 35.3. The van der Waals surface area contributed by atoms with E-state index >= 15 is 0 Å². The highest BCUT2D eigenvalue weighted by molar-refractivity contribution is 6.31. The first-order chi connectivity index (χ1) is 20.7. The molecular formula is C31H37NO11. The van der Waals surface area contributed by atoms with Crippen molar-refractivity contribution in [1.82, 2.24) is 5.32 Å². The summed E-state index contributed by atoms with van der Waals surface area (Å²) in [5.74, 6) is -1.97. The summed E-state index contributed by atoms with van der Waals surface area (Å²) in [5, 5.41) is 36.8. The molecule has 6 atom stereocenters. The van der Waals surface area contributed by atoms with Crippen LogP contribution in [0.4, 0.5) is 0 Å². The van der Waals surface area contributed by atoms with Gasteiger partial charge in [-0.3, -0.25) is 14.9 Å². The second kappa shape index (κ2) is 12.1. The van der Waals surface area contributed by atoms with Crippen molar-refractivity contribution in [2.75, 3.05) is 26.9 Å². The van der Waals surface area contributed by atoms with E-state index in [1.54, 1.807) is 12.1 Å². The van der Waals surface area contributed by atoms with Gasteiger partial charge in [-0.2, -0.15) is 0 Å². The third-order valence-corrected chi connectivity index (χ3v) is 8.24. The second-order valence-corrected chi connectivity index (χ2v) is 11.5. The van der Waals surface area contributed by atoms with Gasteiger partial charge >= 0.3 is 0 Å². The molecule has 2 heterocycles. The number of aromatic hydroxyl groups is 2. The lowest BCUT2D eigenvalue weighted by Crippen LogP contribution is -2.54. The maximum absolute atomic E-state index is 13.7. The number of benzene rings is 2. The van der Waals surface area contributed by atoms with Gasteiger partial charge in [0.1, 0.15) is 17.2 Å². The standard InChI is InChI=1S/C31H37NO11/c1-14(2)41-31-30(32-9-10-39-31)42-16-7-8-21(40-13-16)43-20-12-15(33)11-18-23(20)29(37)25-24(27(18)35)26(34)17-5-4-6-19(38-3)22(17)28(25)36/h4-6,14-16,20-21,30-33,35,37H,7-13H2,1-3H3/t15-,16-,20?,21-,30+,31+/m0/s1. The molecular weight excluding hydrogens is 562 g/mol. The van der Waals surface area contributed by atoms with Crippen LogP contribution in [0.2, 0.25) is 0 Å². The third-order valence-electron chi connectivity index (χ3n) is 8.24. The summed E-state index contributed by atoms with van der Waals surface area (Å²) in [6, 6.07) is 4.61. The summed E-state index contributed by atoms with van der Waals surface area (Å²) >= 11 is 0. The lowest BCUT2D eigenvalue weighted by Gasteiger charge is -2.39. The van der Waals surface area contributed by atoms with Crippen molar-refractivity contribution in [3.8, 4) is 17.2 Å². The maximum atomic E-state index is 13.7. The fraction of sp³-hybridized carbons (Fsp3) is 0.548. The molecule has 2 aromatic carbocycles. The van der Waals surface area contributed by atoms with E-state index in [-0.39, 0.29) is 70.8 Å². The van der Waals surface area contributed by atoms with E-state index in [2.05, 4.69) is 5.32 Å². The van der Waals surface area contributed by atoms with E-state index in [0.717, 1.165) is 0 Å². The van der Waals surface area contributed by atoms with Gasteiger partial charge in [-0.25, -0.2) is 0 Å². The number of aliphatic hydroxyl groups is 1. The van der Waals surface area contributed by atoms with E-state index in [1.165, 1.54) is 13.2 Å². The second-order valence-electron chi connectivity index (χ2n) is 11.5. The number of morpholine rings is 1. The fourth-order valence-corrected chi connectivity index (χ4v) is 6.34. The van der Waals surface area contributed by atoms with Crippen LogP contribution < -0.4 is 10.1 Å². The summed E-state index contributed by atoms with van der Waals surface area (Å²) in [7, 11) is 1.38. The molecule has 2 aliphatic carbocycles. The minimum absolute atomic E-state index is 0.0195. The zero-order valence-corrected chi connectivity index (χ0v) is 24.3. The van der Waals surface area contributed by atoms with Gasteiger partial charge in [0.05, 0.1) is 61.4 Å². The van der Waals surface area contributed by atoms with Crippen LogP contribution in [-0.2, 0) is 30.1 Å². The zero-order chi connectivity index (χ0) is 30.4. The molecule has 0 amide bonds. The Labute approximate surface area is 248 Å². The highest BCUT2D eigenvalue weighted by Gasteiger charge is 2.43. The number of fused-ring (bicyclic) bond motifs is 3. The van der Waals surface area contributed by atoms with Crippen LogP contribution in [0.25, 0.3) is 0 Å². The van der Waals surface area contributed by atoms with Crippen LogP contribution in [-0.4, -0.2) is 90.9 Å². The predicted molar refractivity (Wildman–Crippen MR) is 149 cm³/mol. The lowest BCUT2D eigenvalue weighted by molar-refractivity contribution is -0.275. The molecule has 12 nitrogen and oxygen atoms in total. The Morgan fingerprint density at radius 2 is 1.79 bits per heavy atom. The molecule has 2 aliphatic heterocycles. The SMILES string of the molecule is COc1cccc2c1C(=O)c1c(O)c3c(c(O)c1C2=O)C[C@H](O)CC3O[C@H]1CC[C@H](O[C@H]2NCCO[C@@H]2OC(C)C)CO1. The van der Waals surface area contributed by atoms with Gasteiger partial charge in [-0.1, -0.05) is 12.1 Å². The topological polar surface area (TPSA) is 162 Å². The number of rotatable bonds is 7. The monoisotopic (exact) mass is 599 g/mol. The van der Waals surface area contributed by atoms with Crippen molar-refractivity contribution in [1.29, 1.82) is 0 Å². The lowest BCUT2D eigenvalue weighted by atomic mass is 9.76. The number of ketones is 2.